The minimum Gasteiger partial charge on any atom is -0.389 e. The summed E-state index contributed by atoms with van der Waals surface area (Å²) in [7, 11) is 0. The van der Waals surface area contributed by atoms with Gasteiger partial charge in [-0.15, -0.1) is 0 Å². The van der Waals surface area contributed by atoms with Gasteiger partial charge in [0.2, 0.25) is 5.91 Å². The van der Waals surface area contributed by atoms with Crippen LogP contribution in [0, 0.1) is 5.92 Å². The van der Waals surface area contributed by atoms with Crippen LogP contribution in [0.4, 0.5) is 0 Å². The van der Waals surface area contributed by atoms with E-state index in [1.807, 2.05) is 0 Å². The summed E-state index contributed by atoms with van der Waals surface area (Å²) in [6.45, 7) is 4.91. The average molecular weight is 201 g/mol. The fraction of sp³-hybridized carbons (Fsp3) is 0.900. The van der Waals surface area contributed by atoms with Crippen LogP contribution in [0.25, 0.3) is 0 Å². The molecule has 0 aromatic carbocycles. The molecular formula is C10H19NO3. The van der Waals surface area contributed by atoms with Crippen molar-refractivity contribution in [1.82, 2.24) is 5.32 Å². The molecule has 4 heteroatoms. The van der Waals surface area contributed by atoms with E-state index in [2.05, 4.69) is 5.32 Å². The molecule has 0 saturated carbocycles. The number of carbonyl (C=O) groups excluding carboxylic acids is 1. The highest BCUT2D eigenvalue weighted by Gasteiger charge is 2.23. The lowest BCUT2D eigenvalue weighted by molar-refractivity contribution is -0.129. The maximum absolute atomic E-state index is 11.5. The molecular weight excluding hydrogens is 182 g/mol. The summed E-state index contributed by atoms with van der Waals surface area (Å²) in [5, 5.41) is 12.1. The van der Waals surface area contributed by atoms with E-state index in [9.17, 15) is 9.90 Å². The van der Waals surface area contributed by atoms with E-state index in [0.717, 1.165) is 19.4 Å². The highest BCUT2D eigenvalue weighted by molar-refractivity contribution is 5.78. The van der Waals surface area contributed by atoms with Crippen LogP contribution in [0.15, 0.2) is 0 Å². The summed E-state index contributed by atoms with van der Waals surface area (Å²) < 4.78 is 5.21. The number of amides is 1. The topological polar surface area (TPSA) is 58.6 Å². The number of rotatable bonds is 3. The third-order valence-electron chi connectivity index (χ3n) is 2.23. The Kier molecular flexibility index (Phi) is 3.89. The molecule has 0 aromatic rings. The van der Waals surface area contributed by atoms with E-state index in [1.54, 1.807) is 13.8 Å². The number of carbonyl (C=O) groups is 1. The molecule has 0 aliphatic carbocycles. The zero-order valence-corrected chi connectivity index (χ0v) is 8.88. The summed E-state index contributed by atoms with van der Waals surface area (Å²) >= 11 is 0. The second-order valence-electron chi connectivity index (χ2n) is 4.44. The van der Waals surface area contributed by atoms with Crippen molar-refractivity contribution >= 4 is 5.91 Å². The highest BCUT2D eigenvalue weighted by Crippen LogP contribution is 2.13. The zero-order chi connectivity index (χ0) is 10.6. The fourth-order valence-electron chi connectivity index (χ4n) is 1.40. The van der Waals surface area contributed by atoms with E-state index in [4.69, 9.17) is 4.74 Å². The van der Waals surface area contributed by atoms with Gasteiger partial charge >= 0.3 is 0 Å². The summed E-state index contributed by atoms with van der Waals surface area (Å²) in [5.74, 6) is -0.0436. The second-order valence-corrected chi connectivity index (χ2v) is 4.44. The minimum absolute atomic E-state index is 0.00757. The van der Waals surface area contributed by atoms with Crippen molar-refractivity contribution in [2.24, 2.45) is 5.92 Å². The van der Waals surface area contributed by atoms with Crippen molar-refractivity contribution in [2.75, 3.05) is 19.8 Å². The second kappa shape index (κ2) is 4.75. The molecule has 14 heavy (non-hydrogen) atoms. The molecule has 4 nitrogen and oxygen atoms in total. The molecule has 1 saturated heterocycles. The van der Waals surface area contributed by atoms with Gasteiger partial charge in [-0.25, -0.2) is 0 Å². The molecule has 1 aliphatic rings. The first-order valence-corrected chi connectivity index (χ1v) is 5.07. The highest BCUT2D eigenvalue weighted by atomic mass is 16.5. The normalized spacial score (nSPS) is 23.2. The van der Waals surface area contributed by atoms with E-state index < -0.39 is 5.60 Å². The Labute approximate surface area is 84.6 Å². The number of ether oxygens (including phenoxy) is 1. The summed E-state index contributed by atoms with van der Waals surface area (Å²) in [6, 6.07) is 0. The van der Waals surface area contributed by atoms with Crippen molar-refractivity contribution in [2.45, 2.75) is 32.3 Å². The van der Waals surface area contributed by atoms with Crippen molar-refractivity contribution in [3.63, 3.8) is 0 Å². The van der Waals surface area contributed by atoms with Crippen molar-refractivity contribution in [3.8, 4) is 0 Å². The van der Waals surface area contributed by atoms with E-state index in [1.165, 1.54) is 0 Å². The quantitative estimate of drug-likeness (QED) is 0.690. The van der Waals surface area contributed by atoms with Gasteiger partial charge in [0.25, 0.3) is 0 Å². The van der Waals surface area contributed by atoms with Crippen LogP contribution < -0.4 is 5.32 Å². The lowest BCUT2D eigenvalue weighted by Crippen LogP contribution is -2.42. The van der Waals surface area contributed by atoms with Crippen molar-refractivity contribution < 1.29 is 14.6 Å². The van der Waals surface area contributed by atoms with E-state index in [0.29, 0.717) is 13.2 Å². The third-order valence-corrected chi connectivity index (χ3v) is 2.23. The van der Waals surface area contributed by atoms with Crippen LogP contribution >= 0.6 is 0 Å². The summed E-state index contributed by atoms with van der Waals surface area (Å²) in [5.41, 5.74) is -0.842. The van der Waals surface area contributed by atoms with Crippen LogP contribution in [-0.4, -0.2) is 36.4 Å². The summed E-state index contributed by atoms with van der Waals surface area (Å²) in [6.07, 6.45) is 1.83. The first-order valence-electron chi connectivity index (χ1n) is 5.07. The van der Waals surface area contributed by atoms with Gasteiger partial charge in [-0.1, -0.05) is 0 Å². The SMILES string of the molecule is CC(C)(O)CNC(=O)C1CCCOC1. The van der Waals surface area contributed by atoms with Crippen LogP contribution in [-0.2, 0) is 9.53 Å². The Morgan fingerprint density at radius 3 is 2.86 bits per heavy atom. The molecule has 0 radical (unpaired) electrons. The van der Waals surface area contributed by atoms with Crippen molar-refractivity contribution in [3.05, 3.63) is 0 Å². The molecule has 1 aliphatic heterocycles. The Balaban J connectivity index is 2.27. The van der Waals surface area contributed by atoms with Gasteiger partial charge in [-0.2, -0.15) is 0 Å². The van der Waals surface area contributed by atoms with Gasteiger partial charge in [-0.3, -0.25) is 4.79 Å². The molecule has 1 rings (SSSR count). The maximum atomic E-state index is 11.5. The standard InChI is InChI=1S/C10H19NO3/c1-10(2,13)7-11-9(12)8-4-3-5-14-6-8/h8,13H,3-7H2,1-2H3,(H,11,12). The molecule has 0 aromatic heterocycles. The Hall–Kier alpha value is -0.610. The molecule has 0 spiro atoms. The van der Waals surface area contributed by atoms with E-state index in [-0.39, 0.29) is 11.8 Å². The number of hydrogen-bond acceptors (Lipinski definition) is 3. The Morgan fingerprint density at radius 1 is 1.64 bits per heavy atom. The van der Waals surface area contributed by atoms with Gasteiger partial charge < -0.3 is 15.2 Å². The number of nitrogens with one attached hydrogen (secondary N) is 1. The molecule has 1 atom stereocenters. The van der Waals surface area contributed by atoms with Crippen molar-refractivity contribution in [1.29, 1.82) is 0 Å². The van der Waals surface area contributed by atoms with Gasteiger partial charge in [0.15, 0.2) is 0 Å². The minimum atomic E-state index is -0.842. The average Bonchev–Trinajstić information content (AvgIpc) is 2.14. The van der Waals surface area contributed by atoms with Crippen LogP contribution in [0.2, 0.25) is 0 Å². The zero-order valence-electron chi connectivity index (χ0n) is 8.88. The third kappa shape index (κ3) is 4.07. The largest absolute Gasteiger partial charge is 0.389 e. The first kappa shape index (κ1) is 11.5. The molecule has 1 heterocycles. The van der Waals surface area contributed by atoms with Gasteiger partial charge in [0.05, 0.1) is 18.1 Å². The molecule has 1 fully saturated rings. The molecule has 2 N–H and O–H groups in total. The first-order chi connectivity index (χ1) is 6.49. The van der Waals surface area contributed by atoms with Crippen LogP contribution in [0.1, 0.15) is 26.7 Å². The predicted molar refractivity (Wildman–Crippen MR) is 52.9 cm³/mol. The number of hydrogen-bond donors (Lipinski definition) is 2. The monoisotopic (exact) mass is 201 g/mol. The summed E-state index contributed by atoms with van der Waals surface area (Å²) in [4.78, 5) is 11.5. The smallest absolute Gasteiger partial charge is 0.225 e. The Bertz CT molecular complexity index is 192. The Morgan fingerprint density at radius 2 is 2.36 bits per heavy atom. The fourth-order valence-corrected chi connectivity index (χ4v) is 1.40. The lowest BCUT2D eigenvalue weighted by atomic mass is 10.0. The molecule has 1 unspecified atom stereocenters. The predicted octanol–water partition coefficient (Wildman–Crippen LogP) is 0.300. The van der Waals surface area contributed by atoms with Crippen LogP contribution in [0.5, 0.6) is 0 Å². The molecule has 0 bridgehead atoms. The van der Waals surface area contributed by atoms with Gasteiger partial charge in [-0.05, 0) is 26.7 Å². The number of aliphatic hydroxyl groups is 1. The lowest BCUT2D eigenvalue weighted by Gasteiger charge is -2.23. The maximum Gasteiger partial charge on any atom is 0.225 e. The van der Waals surface area contributed by atoms with Gasteiger partial charge in [0.1, 0.15) is 0 Å². The van der Waals surface area contributed by atoms with Gasteiger partial charge in [0, 0.05) is 13.2 Å². The molecule has 82 valence electrons. The van der Waals surface area contributed by atoms with Crippen LogP contribution in [0.3, 0.4) is 0 Å². The molecule has 1 amide bonds. The van der Waals surface area contributed by atoms with E-state index >= 15 is 0 Å².